The maximum Gasteiger partial charge on any atom is 0.309 e. The van der Waals surface area contributed by atoms with Crippen molar-refractivity contribution in [1.29, 1.82) is 0 Å². The SMILES string of the molecule is CCCCCCCCCCCCOC(=O)C1CCCCC1C(=O)OCCC(C)C. The summed E-state index contributed by atoms with van der Waals surface area (Å²) in [6, 6.07) is 0. The van der Waals surface area contributed by atoms with E-state index in [1.54, 1.807) is 0 Å². The Balaban J connectivity index is 2.15. The van der Waals surface area contributed by atoms with E-state index in [1.165, 1.54) is 51.4 Å². The Morgan fingerprint density at radius 3 is 1.66 bits per heavy atom. The normalized spacial score (nSPS) is 19.3. The first-order valence-electron chi connectivity index (χ1n) is 12.4. The molecule has 1 rings (SSSR count). The summed E-state index contributed by atoms with van der Waals surface area (Å²) in [5.41, 5.74) is 0. The van der Waals surface area contributed by atoms with Gasteiger partial charge in [0.05, 0.1) is 25.0 Å². The Morgan fingerprint density at radius 1 is 0.724 bits per heavy atom. The molecule has 29 heavy (non-hydrogen) atoms. The quantitative estimate of drug-likeness (QED) is 0.206. The van der Waals surface area contributed by atoms with Crippen LogP contribution in [0, 0.1) is 17.8 Å². The minimum atomic E-state index is -0.309. The second kappa shape index (κ2) is 16.7. The molecule has 1 aliphatic rings. The fourth-order valence-electron chi connectivity index (χ4n) is 4.07. The number of carbonyl (C=O) groups is 2. The van der Waals surface area contributed by atoms with Crippen molar-refractivity contribution in [2.45, 2.75) is 117 Å². The van der Waals surface area contributed by atoms with Crippen molar-refractivity contribution in [3.05, 3.63) is 0 Å². The third kappa shape index (κ3) is 12.3. The number of carbonyl (C=O) groups excluding carboxylic acids is 2. The lowest BCUT2D eigenvalue weighted by Gasteiger charge is -2.28. The highest BCUT2D eigenvalue weighted by molar-refractivity contribution is 5.82. The van der Waals surface area contributed by atoms with Gasteiger partial charge in [0.25, 0.3) is 0 Å². The highest BCUT2D eigenvalue weighted by Crippen LogP contribution is 2.32. The zero-order chi connectivity index (χ0) is 21.3. The van der Waals surface area contributed by atoms with Gasteiger partial charge in [0.2, 0.25) is 0 Å². The summed E-state index contributed by atoms with van der Waals surface area (Å²) in [5.74, 6) is -0.497. The van der Waals surface area contributed by atoms with Crippen LogP contribution in [0.1, 0.15) is 117 Å². The van der Waals surface area contributed by atoms with Gasteiger partial charge in [-0.15, -0.1) is 0 Å². The predicted molar refractivity (Wildman–Crippen MR) is 119 cm³/mol. The van der Waals surface area contributed by atoms with Crippen LogP contribution >= 0.6 is 0 Å². The van der Waals surface area contributed by atoms with E-state index in [1.807, 2.05) is 0 Å². The van der Waals surface area contributed by atoms with E-state index in [2.05, 4.69) is 20.8 Å². The second-order valence-corrected chi connectivity index (χ2v) is 9.20. The van der Waals surface area contributed by atoms with E-state index in [0.29, 0.717) is 19.1 Å². The zero-order valence-corrected chi connectivity index (χ0v) is 19.4. The van der Waals surface area contributed by atoms with Crippen LogP contribution in [0.3, 0.4) is 0 Å². The van der Waals surface area contributed by atoms with E-state index in [9.17, 15) is 9.59 Å². The van der Waals surface area contributed by atoms with Crippen LogP contribution < -0.4 is 0 Å². The third-order valence-electron chi connectivity index (χ3n) is 6.05. The topological polar surface area (TPSA) is 52.6 Å². The standard InChI is InChI=1S/C25H46O4/c1-4-5-6-7-8-9-10-11-12-15-19-28-24(26)22-16-13-14-17-23(22)25(27)29-20-18-21(2)3/h21-23H,4-20H2,1-3H3. The molecule has 0 bridgehead atoms. The van der Waals surface area contributed by atoms with E-state index in [4.69, 9.17) is 9.47 Å². The van der Waals surface area contributed by atoms with Crippen molar-refractivity contribution in [2.24, 2.45) is 17.8 Å². The van der Waals surface area contributed by atoms with Crippen LogP contribution in [0.25, 0.3) is 0 Å². The molecule has 0 N–H and O–H groups in total. The Kier molecular flexibility index (Phi) is 15.0. The fraction of sp³-hybridized carbons (Fsp3) is 0.920. The summed E-state index contributed by atoms with van der Waals surface area (Å²) in [4.78, 5) is 24.9. The number of esters is 2. The summed E-state index contributed by atoms with van der Waals surface area (Å²) in [6.07, 6.45) is 17.0. The highest BCUT2D eigenvalue weighted by atomic mass is 16.5. The van der Waals surface area contributed by atoms with Crippen molar-refractivity contribution < 1.29 is 19.1 Å². The van der Waals surface area contributed by atoms with E-state index < -0.39 is 0 Å². The number of unbranched alkanes of at least 4 members (excludes halogenated alkanes) is 9. The Hall–Kier alpha value is -1.06. The molecule has 0 aliphatic heterocycles. The average molecular weight is 411 g/mol. The lowest BCUT2D eigenvalue weighted by atomic mass is 9.79. The molecule has 2 atom stereocenters. The smallest absolute Gasteiger partial charge is 0.309 e. The summed E-state index contributed by atoms with van der Waals surface area (Å²) in [6.45, 7) is 7.42. The molecule has 1 aliphatic carbocycles. The molecule has 0 heterocycles. The molecule has 1 saturated carbocycles. The molecular formula is C25H46O4. The number of hydrogen-bond donors (Lipinski definition) is 0. The van der Waals surface area contributed by atoms with Gasteiger partial charge in [-0.3, -0.25) is 9.59 Å². The van der Waals surface area contributed by atoms with Crippen LogP contribution in [0.5, 0.6) is 0 Å². The summed E-state index contributed by atoms with van der Waals surface area (Å²) >= 11 is 0. The van der Waals surface area contributed by atoms with Crippen LogP contribution in [-0.4, -0.2) is 25.2 Å². The van der Waals surface area contributed by atoms with E-state index >= 15 is 0 Å². The monoisotopic (exact) mass is 410 g/mol. The van der Waals surface area contributed by atoms with Gasteiger partial charge in [-0.25, -0.2) is 0 Å². The summed E-state index contributed by atoms with van der Waals surface area (Å²) in [5, 5.41) is 0. The van der Waals surface area contributed by atoms with Crippen molar-refractivity contribution in [3.63, 3.8) is 0 Å². The molecule has 0 aromatic heterocycles. The minimum Gasteiger partial charge on any atom is -0.465 e. The third-order valence-corrected chi connectivity index (χ3v) is 6.05. The number of ether oxygens (including phenoxy) is 2. The molecule has 2 unspecified atom stereocenters. The van der Waals surface area contributed by atoms with Gasteiger partial charge >= 0.3 is 11.9 Å². The summed E-state index contributed by atoms with van der Waals surface area (Å²) < 4.78 is 11.0. The van der Waals surface area contributed by atoms with Gasteiger partial charge in [-0.1, -0.05) is 91.4 Å². The lowest BCUT2D eigenvalue weighted by Crippen LogP contribution is -2.35. The molecule has 4 nitrogen and oxygen atoms in total. The first kappa shape index (κ1) is 26.0. The van der Waals surface area contributed by atoms with Crippen LogP contribution in [0.4, 0.5) is 0 Å². The fourth-order valence-corrected chi connectivity index (χ4v) is 4.07. The van der Waals surface area contributed by atoms with Crippen molar-refractivity contribution in [1.82, 2.24) is 0 Å². The average Bonchev–Trinajstić information content (AvgIpc) is 2.71. The lowest BCUT2D eigenvalue weighted by molar-refractivity contribution is -0.163. The minimum absolute atomic E-state index is 0.188. The Bertz CT molecular complexity index is 433. The van der Waals surface area contributed by atoms with Gasteiger partial charge in [-0.05, 0) is 31.6 Å². The molecule has 0 radical (unpaired) electrons. The van der Waals surface area contributed by atoms with Gasteiger partial charge in [-0.2, -0.15) is 0 Å². The Morgan fingerprint density at radius 2 is 1.17 bits per heavy atom. The van der Waals surface area contributed by atoms with Crippen molar-refractivity contribution in [2.75, 3.05) is 13.2 Å². The van der Waals surface area contributed by atoms with Crippen LogP contribution in [0.15, 0.2) is 0 Å². The molecule has 0 amide bonds. The Labute approximate surface area is 179 Å². The largest absolute Gasteiger partial charge is 0.465 e. The van der Waals surface area contributed by atoms with Gasteiger partial charge < -0.3 is 9.47 Å². The van der Waals surface area contributed by atoms with Gasteiger partial charge in [0.1, 0.15) is 0 Å². The summed E-state index contributed by atoms with van der Waals surface area (Å²) in [7, 11) is 0. The molecule has 4 heteroatoms. The first-order valence-corrected chi connectivity index (χ1v) is 12.4. The molecule has 0 spiro atoms. The van der Waals surface area contributed by atoms with E-state index in [-0.39, 0.29) is 23.8 Å². The highest BCUT2D eigenvalue weighted by Gasteiger charge is 2.37. The second-order valence-electron chi connectivity index (χ2n) is 9.20. The maximum absolute atomic E-state index is 12.5. The molecule has 0 aromatic carbocycles. The van der Waals surface area contributed by atoms with Crippen molar-refractivity contribution >= 4 is 11.9 Å². The van der Waals surface area contributed by atoms with Crippen LogP contribution in [-0.2, 0) is 19.1 Å². The van der Waals surface area contributed by atoms with E-state index in [0.717, 1.165) is 44.9 Å². The van der Waals surface area contributed by atoms with Crippen molar-refractivity contribution in [3.8, 4) is 0 Å². The number of rotatable bonds is 16. The molecule has 170 valence electrons. The zero-order valence-electron chi connectivity index (χ0n) is 19.4. The molecular weight excluding hydrogens is 364 g/mol. The first-order chi connectivity index (χ1) is 14.1. The van der Waals surface area contributed by atoms with Gasteiger partial charge in [0.15, 0.2) is 0 Å². The number of hydrogen-bond acceptors (Lipinski definition) is 4. The molecule has 0 aromatic rings. The predicted octanol–water partition coefficient (Wildman–Crippen LogP) is 6.85. The van der Waals surface area contributed by atoms with Gasteiger partial charge in [0, 0.05) is 0 Å². The maximum atomic E-state index is 12.5. The molecule has 1 fully saturated rings. The van der Waals surface area contributed by atoms with Crippen LogP contribution in [0.2, 0.25) is 0 Å². The molecule has 0 saturated heterocycles.